The largest absolute Gasteiger partial charge is 0.497 e. The zero-order valence-electron chi connectivity index (χ0n) is 13.9. The first-order chi connectivity index (χ1) is 12.1. The summed E-state index contributed by atoms with van der Waals surface area (Å²) < 4.78 is 10.4. The van der Waals surface area contributed by atoms with Crippen LogP contribution in [0.3, 0.4) is 0 Å². The predicted octanol–water partition coefficient (Wildman–Crippen LogP) is 3.15. The van der Waals surface area contributed by atoms with Crippen LogP contribution in [0.15, 0.2) is 47.4 Å². The van der Waals surface area contributed by atoms with E-state index in [1.165, 1.54) is 18.9 Å². The number of ether oxygens (including phenoxy) is 2. The lowest BCUT2D eigenvalue weighted by molar-refractivity contribution is -0.120. The topological polar surface area (TPSA) is 76.7 Å². The van der Waals surface area contributed by atoms with Gasteiger partial charge in [0.2, 0.25) is 11.8 Å². The van der Waals surface area contributed by atoms with E-state index in [0.717, 1.165) is 10.6 Å². The van der Waals surface area contributed by atoms with Crippen molar-refractivity contribution in [3.63, 3.8) is 0 Å². The smallest absolute Gasteiger partial charge is 0.238 e. The monoisotopic (exact) mass is 358 g/mol. The number of thioether (sulfide) groups is 1. The number of rotatable bonds is 5. The van der Waals surface area contributed by atoms with Crippen LogP contribution < -0.4 is 20.1 Å². The van der Waals surface area contributed by atoms with Crippen LogP contribution in [-0.2, 0) is 9.59 Å². The second kappa shape index (κ2) is 7.48. The Morgan fingerprint density at radius 2 is 2.00 bits per heavy atom. The average Bonchev–Trinajstić information content (AvgIpc) is 2.62. The van der Waals surface area contributed by atoms with Gasteiger partial charge in [-0.05, 0) is 24.3 Å². The van der Waals surface area contributed by atoms with E-state index in [0.29, 0.717) is 17.2 Å². The molecule has 0 aromatic heterocycles. The van der Waals surface area contributed by atoms with Gasteiger partial charge in [0.05, 0.1) is 30.8 Å². The number of carbonyl (C=O) groups excluding carboxylic acids is 2. The van der Waals surface area contributed by atoms with Crippen LogP contribution in [0.1, 0.15) is 6.42 Å². The molecule has 0 saturated heterocycles. The molecule has 0 unspecified atom stereocenters. The van der Waals surface area contributed by atoms with Crippen molar-refractivity contribution in [3.05, 3.63) is 42.5 Å². The molecule has 1 aliphatic rings. The number of hydrogen-bond donors (Lipinski definition) is 2. The maximum atomic E-state index is 12.4. The number of nitrogens with one attached hydrogen (secondary N) is 2. The Hall–Kier alpha value is -2.67. The molecule has 1 heterocycles. The number of amides is 2. The van der Waals surface area contributed by atoms with Crippen molar-refractivity contribution in [2.24, 2.45) is 0 Å². The van der Waals surface area contributed by atoms with Gasteiger partial charge in [-0.3, -0.25) is 9.59 Å². The third kappa shape index (κ3) is 3.88. The van der Waals surface area contributed by atoms with Crippen molar-refractivity contribution in [1.29, 1.82) is 0 Å². The molecule has 25 heavy (non-hydrogen) atoms. The van der Waals surface area contributed by atoms with Crippen LogP contribution in [-0.4, -0.2) is 31.3 Å². The number of methoxy groups -OCH3 is 2. The zero-order valence-corrected chi connectivity index (χ0v) is 14.7. The Morgan fingerprint density at radius 1 is 1.20 bits per heavy atom. The maximum absolute atomic E-state index is 12.4. The van der Waals surface area contributed by atoms with Gasteiger partial charge in [0, 0.05) is 17.4 Å². The zero-order chi connectivity index (χ0) is 17.8. The first kappa shape index (κ1) is 17.2. The van der Waals surface area contributed by atoms with Gasteiger partial charge in [-0.25, -0.2) is 0 Å². The summed E-state index contributed by atoms with van der Waals surface area (Å²) in [6, 6.07) is 12.7. The minimum absolute atomic E-state index is 0.0607. The van der Waals surface area contributed by atoms with Crippen LogP contribution in [0.5, 0.6) is 11.5 Å². The highest BCUT2D eigenvalue weighted by molar-refractivity contribution is 8.01. The summed E-state index contributed by atoms with van der Waals surface area (Å²) in [5.74, 6) is 0.699. The Kier molecular flexibility index (Phi) is 5.14. The molecule has 2 aromatic carbocycles. The third-order valence-electron chi connectivity index (χ3n) is 3.76. The molecule has 1 aliphatic heterocycles. The number of hydrogen-bond acceptors (Lipinski definition) is 5. The van der Waals surface area contributed by atoms with E-state index in [1.807, 2.05) is 24.3 Å². The van der Waals surface area contributed by atoms with Crippen LogP contribution >= 0.6 is 11.8 Å². The van der Waals surface area contributed by atoms with E-state index >= 15 is 0 Å². The fourth-order valence-electron chi connectivity index (χ4n) is 2.51. The van der Waals surface area contributed by atoms with Crippen molar-refractivity contribution in [2.45, 2.75) is 16.6 Å². The normalized spacial score (nSPS) is 15.8. The second-order valence-corrected chi connectivity index (χ2v) is 6.65. The standard InChI is InChI=1S/C18H18N2O4S/c1-23-11-7-8-14(24-2)13(9-11)19-17(21)10-16-18(22)20-12-5-3-4-6-15(12)25-16/h3-9,16H,10H2,1-2H3,(H,19,21)(H,20,22)/t16-/m0/s1. The first-order valence-corrected chi connectivity index (χ1v) is 8.57. The molecule has 3 rings (SSSR count). The van der Waals surface area contributed by atoms with E-state index in [1.54, 1.807) is 25.3 Å². The predicted molar refractivity (Wildman–Crippen MR) is 97.5 cm³/mol. The molecular weight excluding hydrogens is 340 g/mol. The number of benzene rings is 2. The fraction of sp³-hybridized carbons (Fsp3) is 0.222. The molecule has 0 bridgehead atoms. The van der Waals surface area contributed by atoms with Crippen molar-refractivity contribution in [1.82, 2.24) is 0 Å². The highest BCUT2D eigenvalue weighted by Crippen LogP contribution is 2.37. The van der Waals surface area contributed by atoms with E-state index in [2.05, 4.69) is 10.6 Å². The van der Waals surface area contributed by atoms with Crippen molar-refractivity contribution < 1.29 is 19.1 Å². The number of para-hydroxylation sites is 1. The fourth-order valence-corrected chi connectivity index (χ4v) is 3.62. The lowest BCUT2D eigenvalue weighted by atomic mass is 10.2. The van der Waals surface area contributed by atoms with E-state index in [4.69, 9.17) is 9.47 Å². The average molecular weight is 358 g/mol. The third-order valence-corrected chi connectivity index (χ3v) is 5.03. The number of fused-ring (bicyclic) bond motifs is 1. The summed E-state index contributed by atoms with van der Waals surface area (Å²) >= 11 is 1.39. The van der Waals surface area contributed by atoms with Gasteiger partial charge in [-0.15, -0.1) is 11.8 Å². The lowest BCUT2D eigenvalue weighted by Gasteiger charge is -2.23. The molecule has 0 radical (unpaired) electrons. The molecule has 7 heteroatoms. The van der Waals surface area contributed by atoms with Crippen molar-refractivity contribution in [2.75, 3.05) is 24.9 Å². The van der Waals surface area contributed by atoms with Gasteiger partial charge in [-0.2, -0.15) is 0 Å². The molecule has 1 atom stereocenters. The Morgan fingerprint density at radius 3 is 2.76 bits per heavy atom. The van der Waals surface area contributed by atoms with Gasteiger partial charge < -0.3 is 20.1 Å². The van der Waals surface area contributed by atoms with Crippen molar-refractivity contribution >= 4 is 35.0 Å². The SMILES string of the molecule is COc1ccc(OC)c(NC(=O)C[C@@H]2Sc3ccccc3NC2=O)c1. The molecule has 130 valence electrons. The minimum Gasteiger partial charge on any atom is -0.497 e. The highest BCUT2D eigenvalue weighted by Gasteiger charge is 2.29. The molecule has 0 spiro atoms. The molecular formula is C18H18N2O4S. The molecule has 0 aliphatic carbocycles. The van der Waals surface area contributed by atoms with Crippen LogP contribution in [0.25, 0.3) is 0 Å². The van der Waals surface area contributed by atoms with Crippen molar-refractivity contribution in [3.8, 4) is 11.5 Å². The first-order valence-electron chi connectivity index (χ1n) is 7.69. The van der Waals surface area contributed by atoms with Gasteiger partial charge in [0.15, 0.2) is 0 Å². The van der Waals surface area contributed by atoms with Gasteiger partial charge in [0.25, 0.3) is 0 Å². The van der Waals surface area contributed by atoms with Crippen LogP contribution in [0.4, 0.5) is 11.4 Å². The number of carbonyl (C=O) groups is 2. The Balaban J connectivity index is 1.70. The van der Waals surface area contributed by atoms with E-state index in [-0.39, 0.29) is 18.2 Å². The Bertz CT molecular complexity index is 809. The summed E-state index contributed by atoms with van der Waals surface area (Å²) in [7, 11) is 3.08. The van der Waals surface area contributed by atoms with Gasteiger partial charge in [-0.1, -0.05) is 12.1 Å². The van der Waals surface area contributed by atoms with Gasteiger partial charge >= 0.3 is 0 Å². The molecule has 0 saturated carbocycles. The molecule has 2 N–H and O–H groups in total. The van der Waals surface area contributed by atoms with Crippen LogP contribution in [0.2, 0.25) is 0 Å². The summed E-state index contributed by atoms with van der Waals surface area (Å²) in [6.45, 7) is 0. The molecule has 2 aromatic rings. The summed E-state index contributed by atoms with van der Waals surface area (Å²) in [4.78, 5) is 25.6. The Labute approximate surface area is 149 Å². The molecule has 0 fully saturated rings. The highest BCUT2D eigenvalue weighted by atomic mass is 32.2. The van der Waals surface area contributed by atoms with Crippen LogP contribution in [0, 0.1) is 0 Å². The quantitative estimate of drug-likeness (QED) is 0.859. The molecule has 6 nitrogen and oxygen atoms in total. The lowest BCUT2D eigenvalue weighted by Crippen LogP contribution is -2.32. The summed E-state index contributed by atoms with van der Waals surface area (Å²) in [6.07, 6.45) is 0.0607. The molecule has 2 amide bonds. The van der Waals surface area contributed by atoms with E-state index < -0.39 is 5.25 Å². The minimum atomic E-state index is -0.480. The summed E-state index contributed by atoms with van der Waals surface area (Å²) in [5.41, 5.74) is 1.29. The summed E-state index contributed by atoms with van der Waals surface area (Å²) in [5, 5.41) is 5.15. The number of anilines is 2. The second-order valence-electron chi connectivity index (χ2n) is 5.41. The van der Waals surface area contributed by atoms with Gasteiger partial charge in [0.1, 0.15) is 11.5 Å². The maximum Gasteiger partial charge on any atom is 0.238 e. The van der Waals surface area contributed by atoms with E-state index in [9.17, 15) is 9.59 Å².